The minimum Gasteiger partial charge on any atom is -0.497 e. The molecule has 0 bridgehead atoms. The van der Waals surface area contributed by atoms with Crippen LogP contribution in [0.1, 0.15) is 26.4 Å². The number of benzene rings is 2. The average Bonchev–Trinajstić information content (AvgIpc) is 3.17. The van der Waals surface area contributed by atoms with Gasteiger partial charge < -0.3 is 29.8 Å². The van der Waals surface area contributed by atoms with Crippen LogP contribution in [0.4, 0.5) is 5.69 Å². The minimum absolute atomic E-state index is 0.0116. The van der Waals surface area contributed by atoms with Gasteiger partial charge in [-0.25, -0.2) is 4.79 Å². The van der Waals surface area contributed by atoms with Crippen LogP contribution in [0.2, 0.25) is 0 Å². The van der Waals surface area contributed by atoms with Gasteiger partial charge >= 0.3 is 5.97 Å². The van der Waals surface area contributed by atoms with Crippen molar-refractivity contribution in [2.24, 2.45) is 0 Å². The van der Waals surface area contributed by atoms with Crippen molar-refractivity contribution >= 4 is 17.6 Å². The van der Waals surface area contributed by atoms with E-state index in [4.69, 9.17) is 19.9 Å². The van der Waals surface area contributed by atoms with Gasteiger partial charge in [0.1, 0.15) is 24.2 Å². The summed E-state index contributed by atoms with van der Waals surface area (Å²) in [6.45, 7) is 0.503. The highest BCUT2D eigenvalue weighted by molar-refractivity contribution is 6.00. The number of hydrogen-bond donors (Lipinski definition) is 2. The van der Waals surface area contributed by atoms with Crippen LogP contribution in [0.3, 0.4) is 0 Å². The number of carbonyl (C=O) groups is 2. The number of carbonyl (C=O) groups excluding carboxylic acids is 2. The summed E-state index contributed by atoms with van der Waals surface area (Å²) in [5.41, 5.74) is 6.71. The Labute approximate surface area is 184 Å². The van der Waals surface area contributed by atoms with Crippen LogP contribution < -0.4 is 20.5 Å². The molecule has 3 aromatic rings. The van der Waals surface area contributed by atoms with Crippen molar-refractivity contribution in [3.63, 3.8) is 0 Å². The van der Waals surface area contributed by atoms with Crippen LogP contribution in [0, 0.1) is 11.3 Å². The van der Waals surface area contributed by atoms with Gasteiger partial charge in [0.15, 0.2) is 5.69 Å². The quantitative estimate of drug-likeness (QED) is 0.412. The topological polar surface area (TPSA) is 129 Å². The molecule has 3 N–H and O–H groups in total. The fourth-order valence-corrected chi connectivity index (χ4v) is 3.08. The molecule has 9 nitrogen and oxygen atoms in total. The Hall–Kier alpha value is -4.45. The van der Waals surface area contributed by atoms with Crippen LogP contribution >= 0.6 is 0 Å². The molecular weight excluding hydrogens is 412 g/mol. The second kappa shape index (κ2) is 10.0. The molecule has 0 aliphatic carbocycles. The zero-order chi connectivity index (χ0) is 23.1. The first-order chi connectivity index (χ1) is 15.5. The number of nitrogens with one attached hydrogen (secondary N) is 1. The van der Waals surface area contributed by atoms with Gasteiger partial charge in [0, 0.05) is 6.20 Å². The van der Waals surface area contributed by atoms with Crippen molar-refractivity contribution in [3.05, 3.63) is 71.5 Å². The number of nitrogens with zero attached hydrogens (tertiary/aromatic N) is 2. The number of nitriles is 1. The van der Waals surface area contributed by atoms with Crippen molar-refractivity contribution in [2.45, 2.75) is 0 Å². The molecule has 0 radical (unpaired) electrons. The Balaban J connectivity index is 1.76. The number of rotatable bonds is 8. The molecule has 0 spiro atoms. The van der Waals surface area contributed by atoms with E-state index in [1.807, 2.05) is 6.07 Å². The lowest BCUT2D eigenvalue weighted by molar-refractivity contribution is 0.0592. The lowest BCUT2D eigenvalue weighted by atomic mass is 10.1. The third kappa shape index (κ3) is 4.65. The van der Waals surface area contributed by atoms with Gasteiger partial charge in [-0.2, -0.15) is 5.26 Å². The predicted octanol–water partition coefficient (Wildman–Crippen LogP) is 2.54. The maximum atomic E-state index is 12.8. The molecule has 0 unspecified atom stereocenters. The van der Waals surface area contributed by atoms with Gasteiger partial charge in [0.2, 0.25) is 0 Å². The molecule has 9 heteroatoms. The lowest BCUT2D eigenvalue weighted by Crippen LogP contribution is -2.29. The summed E-state index contributed by atoms with van der Waals surface area (Å²) >= 11 is 0. The number of aromatic nitrogens is 1. The monoisotopic (exact) mass is 434 g/mol. The number of para-hydroxylation sites is 1. The molecule has 0 saturated carbocycles. The van der Waals surface area contributed by atoms with Crippen LogP contribution in [-0.4, -0.2) is 43.8 Å². The number of amides is 1. The molecule has 2 aromatic carbocycles. The Morgan fingerprint density at radius 2 is 1.78 bits per heavy atom. The number of anilines is 1. The van der Waals surface area contributed by atoms with Crippen molar-refractivity contribution in [2.75, 3.05) is 33.1 Å². The largest absolute Gasteiger partial charge is 0.497 e. The summed E-state index contributed by atoms with van der Waals surface area (Å²) in [6.07, 6.45) is 1.40. The highest BCUT2D eigenvalue weighted by Gasteiger charge is 2.24. The van der Waals surface area contributed by atoms with Gasteiger partial charge in [0.25, 0.3) is 5.91 Å². The van der Waals surface area contributed by atoms with Gasteiger partial charge in [-0.15, -0.1) is 0 Å². The fraction of sp³-hybridized carbons (Fsp3) is 0.174. The van der Waals surface area contributed by atoms with E-state index in [1.165, 1.54) is 17.9 Å². The van der Waals surface area contributed by atoms with E-state index < -0.39 is 5.97 Å². The minimum atomic E-state index is -0.716. The number of hydrogen-bond acceptors (Lipinski definition) is 7. The number of nitrogens with two attached hydrogens (primary N) is 1. The Morgan fingerprint density at radius 3 is 2.44 bits per heavy atom. The van der Waals surface area contributed by atoms with E-state index in [2.05, 4.69) is 5.32 Å². The van der Waals surface area contributed by atoms with Crippen molar-refractivity contribution in [3.8, 4) is 23.3 Å². The molecule has 1 heterocycles. The van der Waals surface area contributed by atoms with Crippen LogP contribution in [0.5, 0.6) is 11.5 Å². The molecule has 0 fully saturated rings. The van der Waals surface area contributed by atoms with E-state index in [9.17, 15) is 14.9 Å². The molecular formula is C23H22N4O5. The summed E-state index contributed by atoms with van der Waals surface area (Å²) in [6, 6.07) is 15.7. The summed E-state index contributed by atoms with van der Waals surface area (Å²) < 4.78 is 16.9. The average molecular weight is 434 g/mol. The highest BCUT2D eigenvalue weighted by atomic mass is 16.5. The predicted molar refractivity (Wildman–Crippen MR) is 117 cm³/mol. The van der Waals surface area contributed by atoms with Crippen LogP contribution in [0.25, 0.3) is 5.69 Å². The van der Waals surface area contributed by atoms with Crippen LogP contribution in [-0.2, 0) is 4.74 Å². The number of esters is 1. The number of ether oxygens (including phenoxy) is 3. The smallest absolute Gasteiger partial charge is 0.357 e. The SMILES string of the molecule is COC(=O)c1c(N)c(C#N)cn1-c1ccccc1C(=O)NCCOc1ccc(OC)cc1. The molecule has 3 rings (SSSR count). The highest BCUT2D eigenvalue weighted by Crippen LogP contribution is 2.26. The van der Waals surface area contributed by atoms with Gasteiger partial charge in [-0.05, 0) is 36.4 Å². The third-order valence-corrected chi connectivity index (χ3v) is 4.67. The molecule has 1 amide bonds. The first kappa shape index (κ1) is 22.2. The van der Waals surface area contributed by atoms with Crippen molar-refractivity contribution < 1.29 is 23.8 Å². The third-order valence-electron chi connectivity index (χ3n) is 4.67. The van der Waals surface area contributed by atoms with E-state index in [-0.39, 0.29) is 36.0 Å². The van der Waals surface area contributed by atoms with Crippen molar-refractivity contribution in [1.29, 1.82) is 5.26 Å². The second-order valence-electron chi connectivity index (χ2n) is 6.58. The molecule has 0 atom stereocenters. The summed E-state index contributed by atoms with van der Waals surface area (Å²) in [5.74, 6) is 0.279. The van der Waals surface area contributed by atoms with E-state index in [0.717, 1.165) is 5.75 Å². The van der Waals surface area contributed by atoms with Crippen molar-refractivity contribution in [1.82, 2.24) is 9.88 Å². The van der Waals surface area contributed by atoms with Crippen LogP contribution in [0.15, 0.2) is 54.7 Å². The molecule has 164 valence electrons. The summed E-state index contributed by atoms with van der Waals surface area (Å²) in [5, 5.41) is 12.1. The molecule has 0 aliphatic rings. The maximum Gasteiger partial charge on any atom is 0.357 e. The summed E-state index contributed by atoms with van der Waals surface area (Å²) in [7, 11) is 2.80. The molecule has 1 aromatic heterocycles. The molecule has 32 heavy (non-hydrogen) atoms. The molecule has 0 saturated heterocycles. The van der Waals surface area contributed by atoms with Gasteiger partial charge in [0.05, 0.1) is 43.3 Å². The zero-order valence-corrected chi connectivity index (χ0v) is 17.6. The van der Waals surface area contributed by atoms with E-state index >= 15 is 0 Å². The Kier molecular flexibility index (Phi) is 6.98. The normalized spacial score (nSPS) is 10.2. The summed E-state index contributed by atoms with van der Waals surface area (Å²) in [4.78, 5) is 25.1. The Bertz CT molecular complexity index is 1160. The first-order valence-corrected chi connectivity index (χ1v) is 9.63. The first-order valence-electron chi connectivity index (χ1n) is 9.63. The zero-order valence-electron chi connectivity index (χ0n) is 17.6. The van der Waals surface area contributed by atoms with Gasteiger partial charge in [-0.3, -0.25) is 4.79 Å². The lowest BCUT2D eigenvalue weighted by Gasteiger charge is -2.14. The maximum absolute atomic E-state index is 12.8. The molecule has 0 aliphatic heterocycles. The fourth-order valence-electron chi connectivity index (χ4n) is 3.08. The second-order valence-corrected chi connectivity index (χ2v) is 6.58. The standard InChI is InChI=1S/C23H22N4O5/c1-30-16-7-9-17(10-8-16)32-12-11-26-22(28)18-5-3-4-6-19(18)27-14-15(13-24)20(25)21(27)23(29)31-2/h3-10,14H,11-12,25H2,1-2H3,(H,26,28). The number of nitrogen functional groups attached to an aromatic ring is 1. The van der Waals surface area contributed by atoms with E-state index in [1.54, 1.807) is 55.6 Å². The van der Waals surface area contributed by atoms with Gasteiger partial charge in [-0.1, -0.05) is 12.1 Å². The number of methoxy groups -OCH3 is 2. The Morgan fingerprint density at radius 1 is 1.09 bits per heavy atom. The van der Waals surface area contributed by atoms with E-state index in [0.29, 0.717) is 17.0 Å².